The minimum atomic E-state index is -1.15. The monoisotopic (exact) mass is 357 g/mol. The smallest absolute Gasteiger partial charge is 0.410 e. The van der Waals surface area contributed by atoms with Gasteiger partial charge in [0.2, 0.25) is 11.8 Å². The number of amides is 3. The highest BCUT2D eigenvalue weighted by Gasteiger charge is 2.37. The molecule has 0 radical (unpaired) electrons. The minimum absolute atomic E-state index is 0.0501. The summed E-state index contributed by atoms with van der Waals surface area (Å²) in [5.74, 6) is -0.707. The number of halogens is 1. The van der Waals surface area contributed by atoms with Crippen LogP contribution >= 0.6 is 0 Å². The van der Waals surface area contributed by atoms with Crippen LogP contribution in [-0.2, 0) is 14.3 Å². The van der Waals surface area contributed by atoms with Crippen LogP contribution < -0.4 is 5.32 Å². The normalized spacial score (nSPS) is 20.1. The van der Waals surface area contributed by atoms with Gasteiger partial charge in [-0.2, -0.15) is 0 Å². The Morgan fingerprint density at radius 2 is 2.04 bits per heavy atom. The van der Waals surface area contributed by atoms with Gasteiger partial charge in [-0.3, -0.25) is 9.59 Å². The van der Waals surface area contributed by atoms with Gasteiger partial charge in [0.05, 0.1) is 19.1 Å². The molecular weight excluding hydrogens is 329 g/mol. The van der Waals surface area contributed by atoms with E-state index in [0.717, 1.165) is 6.08 Å². The minimum Gasteiger partial charge on any atom is -0.444 e. The van der Waals surface area contributed by atoms with Crippen molar-refractivity contribution in [3.63, 3.8) is 0 Å². The summed E-state index contributed by atoms with van der Waals surface area (Å²) in [5, 5.41) is 2.65. The van der Waals surface area contributed by atoms with Gasteiger partial charge in [-0.25, -0.2) is 9.18 Å². The summed E-state index contributed by atoms with van der Waals surface area (Å²) in [4.78, 5) is 38.4. The largest absolute Gasteiger partial charge is 0.444 e. The first-order valence-corrected chi connectivity index (χ1v) is 8.39. The Hall–Kier alpha value is -2.12. The lowest BCUT2D eigenvalue weighted by atomic mass is 10.2. The van der Waals surface area contributed by atoms with E-state index < -0.39 is 23.9 Å². The van der Waals surface area contributed by atoms with Crippen LogP contribution in [0, 0.1) is 0 Å². The van der Waals surface area contributed by atoms with E-state index in [-0.39, 0.29) is 37.9 Å². The van der Waals surface area contributed by atoms with Crippen molar-refractivity contribution in [2.45, 2.75) is 51.9 Å². The molecule has 3 amide bonds. The zero-order valence-electron chi connectivity index (χ0n) is 15.4. The number of carbonyl (C=O) groups is 3. The van der Waals surface area contributed by atoms with Crippen molar-refractivity contribution in [1.82, 2.24) is 15.1 Å². The van der Waals surface area contributed by atoms with Gasteiger partial charge in [0.25, 0.3) is 0 Å². The Balaban J connectivity index is 2.58. The summed E-state index contributed by atoms with van der Waals surface area (Å²) in [7, 11) is 0. The Bertz CT molecular complexity index is 519. The molecule has 7 nitrogen and oxygen atoms in total. The lowest BCUT2D eigenvalue weighted by Gasteiger charge is -2.28. The van der Waals surface area contributed by atoms with Crippen LogP contribution in [0.25, 0.3) is 0 Å². The average Bonchev–Trinajstić information content (AvgIpc) is 2.89. The molecule has 0 spiro atoms. The molecule has 0 aromatic carbocycles. The summed E-state index contributed by atoms with van der Waals surface area (Å²) in [6.45, 7) is 10.7. The number of nitrogens with zero attached hydrogens (tertiary/aromatic N) is 2. The van der Waals surface area contributed by atoms with Crippen LogP contribution in [0.2, 0.25) is 0 Å². The number of hydrogen-bond donors (Lipinski definition) is 1. The fourth-order valence-corrected chi connectivity index (χ4v) is 2.53. The van der Waals surface area contributed by atoms with Crippen molar-refractivity contribution in [2.24, 2.45) is 0 Å². The van der Waals surface area contributed by atoms with Crippen LogP contribution in [0.1, 0.15) is 34.1 Å². The SMILES string of the molecule is C=CC(=O)N(CC)CC(=O)NC[C@@H]1C[C@H](F)CN1C(=O)OC(C)(C)C. The van der Waals surface area contributed by atoms with Crippen molar-refractivity contribution in [3.05, 3.63) is 12.7 Å². The van der Waals surface area contributed by atoms with Crippen molar-refractivity contribution in [1.29, 1.82) is 0 Å². The van der Waals surface area contributed by atoms with Crippen LogP contribution in [0.3, 0.4) is 0 Å². The van der Waals surface area contributed by atoms with Crippen LogP contribution in [0.15, 0.2) is 12.7 Å². The van der Waals surface area contributed by atoms with Crippen LogP contribution in [0.5, 0.6) is 0 Å². The number of rotatable bonds is 6. The van der Waals surface area contributed by atoms with Crippen molar-refractivity contribution in [3.8, 4) is 0 Å². The molecule has 1 N–H and O–H groups in total. The molecule has 1 fully saturated rings. The summed E-state index contributed by atoms with van der Waals surface area (Å²) in [5.41, 5.74) is -0.675. The molecule has 0 aromatic heterocycles. The van der Waals surface area contributed by atoms with E-state index in [1.165, 1.54) is 9.80 Å². The molecule has 142 valence electrons. The lowest BCUT2D eigenvalue weighted by Crippen LogP contribution is -2.47. The zero-order valence-corrected chi connectivity index (χ0v) is 15.4. The van der Waals surface area contributed by atoms with Gasteiger partial charge in [0.1, 0.15) is 11.8 Å². The zero-order chi connectivity index (χ0) is 19.2. The standard InChI is InChI=1S/C17H28FN3O4/c1-6-15(23)20(7-2)11-14(22)19-9-13-8-12(18)10-21(13)16(24)25-17(3,4)5/h6,12-13H,1,7-11H2,2-5H3,(H,19,22)/t12-,13-/m0/s1. The van der Waals surface area contributed by atoms with Gasteiger partial charge in [-0.1, -0.05) is 6.58 Å². The van der Waals surface area contributed by atoms with E-state index in [1.54, 1.807) is 27.7 Å². The lowest BCUT2D eigenvalue weighted by molar-refractivity contribution is -0.132. The quantitative estimate of drug-likeness (QED) is 0.731. The molecule has 2 atom stereocenters. The van der Waals surface area contributed by atoms with Gasteiger partial charge in [0.15, 0.2) is 0 Å². The topological polar surface area (TPSA) is 79.0 Å². The Kier molecular flexibility index (Phi) is 7.38. The average molecular weight is 357 g/mol. The van der Waals surface area contributed by atoms with E-state index in [1.807, 2.05) is 0 Å². The molecule has 8 heteroatoms. The summed E-state index contributed by atoms with van der Waals surface area (Å²) >= 11 is 0. The fraction of sp³-hybridized carbons (Fsp3) is 0.706. The van der Waals surface area contributed by atoms with E-state index in [4.69, 9.17) is 4.74 Å². The number of hydrogen-bond acceptors (Lipinski definition) is 4. The molecule has 1 aliphatic rings. The van der Waals surface area contributed by atoms with Gasteiger partial charge in [-0.15, -0.1) is 0 Å². The Morgan fingerprint density at radius 1 is 1.40 bits per heavy atom. The van der Waals surface area contributed by atoms with E-state index in [0.29, 0.717) is 6.54 Å². The second-order valence-electron chi connectivity index (χ2n) is 6.98. The maximum Gasteiger partial charge on any atom is 0.410 e. The third kappa shape index (κ3) is 6.72. The third-order valence-corrected chi connectivity index (χ3v) is 3.73. The molecule has 1 heterocycles. The number of ether oxygens (including phenoxy) is 1. The van der Waals surface area contributed by atoms with Crippen LogP contribution in [-0.4, -0.2) is 71.7 Å². The first-order chi connectivity index (χ1) is 11.6. The first-order valence-electron chi connectivity index (χ1n) is 8.39. The van der Waals surface area contributed by atoms with Gasteiger partial charge in [0, 0.05) is 19.5 Å². The molecule has 0 bridgehead atoms. The van der Waals surface area contributed by atoms with E-state index in [9.17, 15) is 18.8 Å². The third-order valence-electron chi connectivity index (χ3n) is 3.73. The Morgan fingerprint density at radius 3 is 2.56 bits per heavy atom. The van der Waals surface area contributed by atoms with Crippen molar-refractivity contribution < 1.29 is 23.5 Å². The molecule has 1 aliphatic heterocycles. The molecule has 0 aliphatic carbocycles. The molecule has 1 saturated heterocycles. The molecular formula is C17H28FN3O4. The summed E-state index contributed by atoms with van der Waals surface area (Å²) < 4.78 is 19.0. The fourth-order valence-electron chi connectivity index (χ4n) is 2.53. The Labute approximate surface area is 148 Å². The molecule has 25 heavy (non-hydrogen) atoms. The van der Waals surface area contributed by atoms with Crippen LogP contribution in [0.4, 0.5) is 9.18 Å². The van der Waals surface area contributed by atoms with Crippen molar-refractivity contribution >= 4 is 17.9 Å². The van der Waals surface area contributed by atoms with Gasteiger partial charge >= 0.3 is 6.09 Å². The second kappa shape index (κ2) is 8.82. The number of likely N-dealkylation sites (tertiary alicyclic amines) is 1. The van der Waals surface area contributed by atoms with Gasteiger partial charge in [-0.05, 0) is 33.8 Å². The van der Waals surface area contributed by atoms with Gasteiger partial charge < -0.3 is 19.9 Å². The number of nitrogens with one attached hydrogen (secondary N) is 1. The van der Waals surface area contributed by atoms with Crippen molar-refractivity contribution in [2.75, 3.05) is 26.2 Å². The number of likely N-dealkylation sites (N-methyl/N-ethyl adjacent to an activating group) is 1. The predicted octanol–water partition coefficient (Wildman–Crippen LogP) is 1.48. The molecule has 0 unspecified atom stereocenters. The maximum atomic E-state index is 13.7. The molecule has 0 aromatic rings. The van der Waals surface area contributed by atoms with E-state index >= 15 is 0 Å². The first kappa shape index (κ1) is 20.9. The van der Waals surface area contributed by atoms with E-state index in [2.05, 4.69) is 11.9 Å². The predicted molar refractivity (Wildman–Crippen MR) is 91.7 cm³/mol. The highest BCUT2D eigenvalue weighted by atomic mass is 19.1. The second-order valence-corrected chi connectivity index (χ2v) is 6.98. The summed E-state index contributed by atoms with van der Waals surface area (Å²) in [6.07, 6.45) is -0.457. The number of alkyl halides is 1. The number of carbonyl (C=O) groups excluding carboxylic acids is 3. The maximum absolute atomic E-state index is 13.7. The molecule has 0 saturated carbocycles. The summed E-state index contributed by atoms with van der Waals surface area (Å²) in [6, 6.07) is -0.473. The molecule has 1 rings (SSSR count). The highest BCUT2D eigenvalue weighted by Crippen LogP contribution is 2.22. The highest BCUT2D eigenvalue weighted by molar-refractivity contribution is 5.90.